The highest BCUT2D eigenvalue weighted by Crippen LogP contribution is 2.36. The first kappa shape index (κ1) is 21.5. The zero-order chi connectivity index (χ0) is 18.5. The maximum atomic E-state index is 10.8. The summed E-state index contributed by atoms with van der Waals surface area (Å²) >= 11 is 6.16. The van der Waals surface area contributed by atoms with Crippen LogP contribution in [0.2, 0.25) is 5.02 Å². The molecular formula is C16H22ClO8-. The number of halogens is 1. The van der Waals surface area contributed by atoms with E-state index in [9.17, 15) is 9.90 Å². The summed E-state index contributed by atoms with van der Waals surface area (Å²) in [6.45, 7) is 1.41. The molecule has 0 N–H and O–H groups in total. The second-order valence-electron chi connectivity index (χ2n) is 4.78. The molecule has 0 aliphatic carbocycles. The van der Waals surface area contributed by atoms with E-state index in [0.717, 1.165) is 0 Å². The first-order chi connectivity index (χ1) is 12.1. The normalized spacial score (nSPS) is 10.7. The first-order valence-electron chi connectivity index (χ1n) is 7.49. The van der Waals surface area contributed by atoms with Crippen molar-refractivity contribution < 1.29 is 38.3 Å². The number of carboxylic acids is 1. The molecule has 0 aliphatic rings. The van der Waals surface area contributed by atoms with E-state index in [-0.39, 0.29) is 36.5 Å². The van der Waals surface area contributed by atoms with Gasteiger partial charge in [0.15, 0.2) is 25.1 Å². The van der Waals surface area contributed by atoms with Crippen molar-refractivity contribution in [2.75, 3.05) is 54.2 Å². The van der Waals surface area contributed by atoms with Crippen LogP contribution in [0.15, 0.2) is 12.1 Å². The molecule has 0 aliphatic heterocycles. The largest absolute Gasteiger partial charge is 0.550 e. The molecule has 0 fully saturated rings. The standard InChI is InChI=1S/C16H23ClO8/c1-20-3-5-22-10-24-14-8-12(9-15(18)19)7-13(17)16(14)25-11-23-6-4-21-2/h7-8H,3-6,9-11H2,1-2H3,(H,18,19)/p-1. The molecule has 0 bridgehead atoms. The summed E-state index contributed by atoms with van der Waals surface area (Å²) in [5.74, 6) is -0.747. The molecule has 0 unspecified atom stereocenters. The lowest BCUT2D eigenvalue weighted by molar-refractivity contribution is -0.304. The smallest absolute Gasteiger partial charge is 0.189 e. The van der Waals surface area contributed by atoms with Gasteiger partial charge >= 0.3 is 0 Å². The predicted molar refractivity (Wildman–Crippen MR) is 86.8 cm³/mol. The topological polar surface area (TPSA) is 95.5 Å². The van der Waals surface area contributed by atoms with Crippen molar-refractivity contribution in [1.82, 2.24) is 0 Å². The van der Waals surface area contributed by atoms with Gasteiger partial charge in [-0.3, -0.25) is 0 Å². The third-order valence-electron chi connectivity index (χ3n) is 2.87. The van der Waals surface area contributed by atoms with E-state index in [1.165, 1.54) is 12.1 Å². The number of carbonyl (C=O) groups is 1. The van der Waals surface area contributed by atoms with Gasteiger partial charge in [-0.2, -0.15) is 0 Å². The van der Waals surface area contributed by atoms with E-state index in [4.69, 9.17) is 40.0 Å². The van der Waals surface area contributed by atoms with Gasteiger partial charge in [-0.1, -0.05) is 11.6 Å². The van der Waals surface area contributed by atoms with E-state index in [1.54, 1.807) is 14.2 Å². The minimum Gasteiger partial charge on any atom is -0.550 e. The molecule has 142 valence electrons. The van der Waals surface area contributed by atoms with Gasteiger partial charge in [-0.25, -0.2) is 0 Å². The summed E-state index contributed by atoms with van der Waals surface area (Å²) in [7, 11) is 3.12. The molecule has 0 radical (unpaired) electrons. The quantitative estimate of drug-likeness (QED) is 0.344. The molecule has 1 aromatic carbocycles. The van der Waals surface area contributed by atoms with Crippen LogP contribution in [0.3, 0.4) is 0 Å². The number of hydrogen-bond acceptors (Lipinski definition) is 8. The second kappa shape index (κ2) is 12.7. The van der Waals surface area contributed by atoms with Gasteiger partial charge in [0.2, 0.25) is 0 Å². The maximum absolute atomic E-state index is 10.8. The van der Waals surface area contributed by atoms with Crippen molar-refractivity contribution in [2.24, 2.45) is 0 Å². The van der Waals surface area contributed by atoms with Gasteiger partial charge in [0, 0.05) is 26.6 Å². The van der Waals surface area contributed by atoms with E-state index in [1.807, 2.05) is 0 Å². The molecule has 0 amide bonds. The Balaban J connectivity index is 2.74. The van der Waals surface area contributed by atoms with Crippen LogP contribution in [0.1, 0.15) is 5.56 Å². The summed E-state index contributed by atoms with van der Waals surface area (Å²) < 4.78 is 31.1. The summed E-state index contributed by atoms with van der Waals surface area (Å²) in [6.07, 6.45) is -0.300. The summed E-state index contributed by atoms with van der Waals surface area (Å²) in [4.78, 5) is 10.8. The minimum atomic E-state index is -1.23. The Labute approximate surface area is 151 Å². The van der Waals surface area contributed by atoms with E-state index in [0.29, 0.717) is 32.0 Å². The Morgan fingerprint density at radius 3 is 2.16 bits per heavy atom. The van der Waals surface area contributed by atoms with Crippen LogP contribution < -0.4 is 14.6 Å². The fourth-order valence-corrected chi connectivity index (χ4v) is 2.03. The molecule has 0 heterocycles. The highest BCUT2D eigenvalue weighted by Gasteiger charge is 2.13. The third kappa shape index (κ3) is 8.89. The molecule has 0 saturated carbocycles. The molecule has 0 spiro atoms. The zero-order valence-electron chi connectivity index (χ0n) is 14.2. The molecule has 1 rings (SSSR count). The molecule has 0 aromatic heterocycles. The van der Waals surface area contributed by atoms with Crippen LogP contribution in [-0.2, 0) is 30.2 Å². The van der Waals surface area contributed by atoms with Gasteiger partial charge in [-0.05, 0) is 17.7 Å². The zero-order valence-corrected chi connectivity index (χ0v) is 15.0. The van der Waals surface area contributed by atoms with Gasteiger partial charge in [0.05, 0.1) is 31.5 Å². The van der Waals surface area contributed by atoms with Crippen molar-refractivity contribution >= 4 is 17.6 Å². The highest BCUT2D eigenvalue weighted by molar-refractivity contribution is 6.32. The van der Waals surface area contributed by atoms with E-state index in [2.05, 4.69) is 0 Å². The van der Waals surface area contributed by atoms with Crippen LogP contribution in [0, 0.1) is 0 Å². The molecule has 8 nitrogen and oxygen atoms in total. The first-order valence-corrected chi connectivity index (χ1v) is 7.87. The molecule has 0 saturated heterocycles. The number of aliphatic carboxylic acids is 1. The van der Waals surface area contributed by atoms with Crippen molar-refractivity contribution in [3.05, 3.63) is 22.7 Å². The molecule has 1 aromatic rings. The Bertz CT molecular complexity index is 523. The van der Waals surface area contributed by atoms with Crippen LogP contribution in [-0.4, -0.2) is 60.2 Å². The Kier molecular flexibility index (Phi) is 10.9. The number of carbonyl (C=O) groups excluding carboxylic acids is 1. The summed E-state index contributed by atoms with van der Waals surface area (Å²) in [5.41, 5.74) is 0.421. The average molecular weight is 378 g/mol. The average Bonchev–Trinajstić information content (AvgIpc) is 2.55. The number of benzene rings is 1. The Morgan fingerprint density at radius 2 is 1.60 bits per heavy atom. The third-order valence-corrected chi connectivity index (χ3v) is 3.15. The summed E-state index contributed by atoms with van der Waals surface area (Å²) in [6, 6.07) is 2.98. The molecule has 25 heavy (non-hydrogen) atoms. The number of methoxy groups -OCH3 is 2. The van der Waals surface area contributed by atoms with E-state index >= 15 is 0 Å². The Hall–Kier alpha value is -1.58. The minimum absolute atomic E-state index is 0.0657. The van der Waals surface area contributed by atoms with Crippen LogP contribution in [0.4, 0.5) is 0 Å². The van der Waals surface area contributed by atoms with Crippen molar-refractivity contribution in [1.29, 1.82) is 0 Å². The highest BCUT2D eigenvalue weighted by atomic mass is 35.5. The van der Waals surface area contributed by atoms with Gasteiger partial charge in [0.25, 0.3) is 0 Å². The summed E-state index contributed by atoms with van der Waals surface area (Å²) in [5, 5.41) is 11.0. The molecule has 0 atom stereocenters. The number of hydrogen-bond donors (Lipinski definition) is 0. The van der Waals surface area contributed by atoms with Crippen LogP contribution >= 0.6 is 11.6 Å². The number of rotatable bonds is 14. The molecular weight excluding hydrogens is 356 g/mol. The van der Waals surface area contributed by atoms with Crippen molar-refractivity contribution in [3.63, 3.8) is 0 Å². The lowest BCUT2D eigenvalue weighted by atomic mass is 10.1. The van der Waals surface area contributed by atoms with Crippen LogP contribution in [0.25, 0.3) is 0 Å². The fraction of sp³-hybridized carbons (Fsp3) is 0.562. The lowest BCUT2D eigenvalue weighted by Crippen LogP contribution is -2.24. The monoisotopic (exact) mass is 377 g/mol. The number of ether oxygens (including phenoxy) is 6. The predicted octanol–water partition coefficient (Wildman–Crippen LogP) is 0.631. The lowest BCUT2D eigenvalue weighted by Gasteiger charge is -2.16. The molecule has 9 heteroatoms. The van der Waals surface area contributed by atoms with Gasteiger partial charge < -0.3 is 38.3 Å². The SMILES string of the molecule is COCCOCOc1cc(CC(=O)[O-])cc(Cl)c1OCOCCOC. The van der Waals surface area contributed by atoms with Gasteiger partial charge in [0.1, 0.15) is 0 Å². The van der Waals surface area contributed by atoms with Crippen molar-refractivity contribution in [2.45, 2.75) is 6.42 Å². The fourth-order valence-electron chi connectivity index (χ4n) is 1.75. The van der Waals surface area contributed by atoms with Crippen LogP contribution in [0.5, 0.6) is 11.5 Å². The maximum Gasteiger partial charge on any atom is 0.189 e. The van der Waals surface area contributed by atoms with Crippen molar-refractivity contribution in [3.8, 4) is 11.5 Å². The number of carboxylic acid groups (broad SMARTS) is 1. The van der Waals surface area contributed by atoms with E-state index < -0.39 is 5.97 Å². The Morgan fingerprint density at radius 1 is 1.00 bits per heavy atom. The second-order valence-corrected chi connectivity index (χ2v) is 5.19. The van der Waals surface area contributed by atoms with Gasteiger partial charge in [-0.15, -0.1) is 0 Å².